The monoisotopic (exact) mass is 588 g/mol. The molecule has 206 valence electrons. The third-order valence-electron chi connectivity index (χ3n) is 6.40. The first-order valence-electron chi connectivity index (χ1n) is 12.1. The number of sulfonamides is 1. The number of methoxy groups -OCH3 is 2. The van der Waals surface area contributed by atoms with E-state index in [1.54, 1.807) is 23.2 Å². The molecule has 0 saturated carbocycles. The summed E-state index contributed by atoms with van der Waals surface area (Å²) in [5, 5.41) is 0.947. The number of anilines is 1. The van der Waals surface area contributed by atoms with Crippen molar-refractivity contribution in [1.29, 1.82) is 0 Å². The SMILES string of the molecule is CCN(Cc1ncccc1C)C(=O)CN(c1cc2c(C)nsc2cc1Cl)S(=O)(=O)c1ccc(OC)c(OC)c1. The molecule has 0 spiro atoms. The van der Waals surface area contributed by atoms with Gasteiger partial charge in [0.2, 0.25) is 5.91 Å². The van der Waals surface area contributed by atoms with Crippen LogP contribution in [-0.4, -0.2) is 55.9 Å². The van der Waals surface area contributed by atoms with Crippen LogP contribution >= 0.6 is 23.1 Å². The average molecular weight is 589 g/mol. The number of rotatable bonds is 10. The van der Waals surface area contributed by atoms with Crippen LogP contribution in [0.2, 0.25) is 5.02 Å². The van der Waals surface area contributed by atoms with Crippen molar-refractivity contribution in [3.63, 3.8) is 0 Å². The van der Waals surface area contributed by atoms with E-state index < -0.39 is 22.5 Å². The number of aryl methyl sites for hydroxylation is 2. The summed E-state index contributed by atoms with van der Waals surface area (Å²) < 4.78 is 45.1. The molecule has 2 aromatic carbocycles. The predicted molar refractivity (Wildman–Crippen MR) is 154 cm³/mol. The van der Waals surface area contributed by atoms with Crippen LogP contribution < -0.4 is 13.8 Å². The molecule has 0 radical (unpaired) electrons. The molecule has 0 N–H and O–H groups in total. The number of amides is 1. The topological polar surface area (TPSA) is 102 Å². The molecule has 0 saturated heterocycles. The number of aromatic nitrogens is 2. The van der Waals surface area contributed by atoms with Gasteiger partial charge in [-0.05, 0) is 68.2 Å². The van der Waals surface area contributed by atoms with Gasteiger partial charge >= 0.3 is 0 Å². The number of hydrogen-bond donors (Lipinski definition) is 0. The van der Waals surface area contributed by atoms with Crippen LogP contribution in [0.15, 0.2) is 53.6 Å². The normalized spacial score (nSPS) is 11.4. The zero-order chi connectivity index (χ0) is 28.3. The standard InChI is InChI=1S/C27H29ClN4O5S2/c1-6-31(15-22-17(2)8-7-11-29-22)27(33)16-32(23-13-20-18(3)30-38-26(20)14-21(23)28)39(34,35)19-9-10-24(36-4)25(12-19)37-5/h7-14H,6,15-16H2,1-5H3. The van der Waals surface area contributed by atoms with E-state index in [1.165, 1.54) is 44.0 Å². The minimum Gasteiger partial charge on any atom is -0.493 e. The molecule has 4 rings (SSSR count). The van der Waals surface area contributed by atoms with E-state index in [1.807, 2.05) is 32.9 Å². The summed E-state index contributed by atoms with van der Waals surface area (Å²) in [4.78, 5) is 19.5. The lowest BCUT2D eigenvalue weighted by molar-refractivity contribution is -0.130. The Bertz CT molecular complexity index is 1620. The maximum atomic E-state index is 14.1. The molecule has 12 heteroatoms. The lowest BCUT2D eigenvalue weighted by Gasteiger charge is -2.29. The van der Waals surface area contributed by atoms with Gasteiger partial charge in [0.05, 0.1) is 52.5 Å². The van der Waals surface area contributed by atoms with E-state index in [0.29, 0.717) is 12.3 Å². The third-order valence-corrected chi connectivity index (χ3v) is 9.36. The van der Waals surface area contributed by atoms with E-state index >= 15 is 0 Å². The number of hydrogen-bond acceptors (Lipinski definition) is 8. The van der Waals surface area contributed by atoms with Crippen molar-refractivity contribution in [3.8, 4) is 11.5 Å². The minimum atomic E-state index is -4.28. The van der Waals surface area contributed by atoms with Crippen molar-refractivity contribution < 1.29 is 22.7 Å². The quantitative estimate of drug-likeness (QED) is 0.250. The molecule has 0 aliphatic rings. The average Bonchev–Trinajstić information content (AvgIpc) is 3.29. The summed E-state index contributed by atoms with van der Waals surface area (Å²) in [6.45, 7) is 5.72. The van der Waals surface area contributed by atoms with Gasteiger partial charge < -0.3 is 14.4 Å². The van der Waals surface area contributed by atoms with Gasteiger partial charge in [0.1, 0.15) is 6.54 Å². The highest BCUT2D eigenvalue weighted by Gasteiger charge is 2.32. The molecular formula is C27H29ClN4O5S2. The summed E-state index contributed by atoms with van der Waals surface area (Å²) >= 11 is 7.92. The van der Waals surface area contributed by atoms with Crippen LogP contribution in [0.3, 0.4) is 0 Å². The van der Waals surface area contributed by atoms with E-state index in [-0.39, 0.29) is 27.9 Å². The van der Waals surface area contributed by atoms with Crippen molar-refractivity contribution in [2.24, 2.45) is 0 Å². The Labute approximate surface area is 237 Å². The summed E-state index contributed by atoms with van der Waals surface area (Å²) in [5.74, 6) is 0.217. The van der Waals surface area contributed by atoms with Gasteiger partial charge in [0.25, 0.3) is 10.0 Å². The van der Waals surface area contributed by atoms with E-state index in [9.17, 15) is 13.2 Å². The number of benzene rings is 2. The predicted octanol–water partition coefficient (Wildman–Crippen LogP) is 5.22. The fourth-order valence-electron chi connectivity index (χ4n) is 4.13. The summed E-state index contributed by atoms with van der Waals surface area (Å²) in [6.07, 6.45) is 1.67. The van der Waals surface area contributed by atoms with Gasteiger partial charge in [0.15, 0.2) is 11.5 Å². The molecule has 9 nitrogen and oxygen atoms in total. The van der Waals surface area contributed by atoms with Crippen molar-refractivity contribution in [2.75, 3.05) is 31.6 Å². The van der Waals surface area contributed by atoms with Gasteiger partial charge in [0, 0.05) is 24.2 Å². The van der Waals surface area contributed by atoms with Crippen LogP contribution in [0.4, 0.5) is 5.69 Å². The van der Waals surface area contributed by atoms with Gasteiger partial charge in [-0.25, -0.2) is 8.42 Å². The molecule has 39 heavy (non-hydrogen) atoms. The lowest BCUT2D eigenvalue weighted by Crippen LogP contribution is -2.43. The van der Waals surface area contributed by atoms with Crippen LogP contribution in [-0.2, 0) is 21.4 Å². The number of fused-ring (bicyclic) bond motifs is 1. The van der Waals surface area contributed by atoms with Crippen LogP contribution in [0, 0.1) is 13.8 Å². The van der Waals surface area contributed by atoms with Crippen molar-refractivity contribution in [1.82, 2.24) is 14.3 Å². The third kappa shape index (κ3) is 5.80. The molecule has 4 aromatic rings. The number of ether oxygens (including phenoxy) is 2. The maximum Gasteiger partial charge on any atom is 0.264 e. The Balaban J connectivity index is 1.81. The Morgan fingerprint density at radius 2 is 1.82 bits per heavy atom. The van der Waals surface area contributed by atoms with Gasteiger partial charge in [-0.3, -0.25) is 14.1 Å². The Morgan fingerprint density at radius 3 is 2.49 bits per heavy atom. The Morgan fingerprint density at radius 1 is 1.08 bits per heavy atom. The maximum absolute atomic E-state index is 14.1. The second-order valence-electron chi connectivity index (χ2n) is 8.77. The molecule has 0 bridgehead atoms. The second kappa shape index (κ2) is 11.8. The molecule has 0 unspecified atom stereocenters. The fraction of sp³-hybridized carbons (Fsp3) is 0.296. The molecule has 2 heterocycles. The van der Waals surface area contributed by atoms with Gasteiger partial charge in [-0.1, -0.05) is 17.7 Å². The van der Waals surface area contributed by atoms with Crippen LogP contribution in [0.5, 0.6) is 11.5 Å². The Kier molecular flexibility index (Phi) is 8.63. The molecule has 0 aliphatic heterocycles. The Hall–Kier alpha value is -3.41. The van der Waals surface area contributed by atoms with Crippen molar-refractivity contribution in [2.45, 2.75) is 32.2 Å². The van der Waals surface area contributed by atoms with E-state index in [2.05, 4.69) is 9.36 Å². The molecule has 0 fully saturated rings. The zero-order valence-electron chi connectivity index (χ0n) is 22.3. The molecule has 1 amide bonds. The molecule has 0 atom stereocenters. The molecular weight excluding hydrogens is 560 g/mol. The fourth-order valence-corrected chi connectivity index (χ4v) is 6.76. The lowest BCUT2D eigenvalue weighted by atomic mass is 10.2. The first-order chi connectivity index (χ1) is 18.6. The summed E-state index contributed by atoms with van der Waals surface area (Å²) in [7, 11) is -1.40. The highest BCUT2D eigenvalue weighted by Crippen LogP contribution is 2.38. The number of halogens is 1. The highest BCUT2D eigenvalue weighted by atomic mass is 35.5. The summed E-state index contributed by atoms with van der Waals surface area (Å²) in [6, 6.07) is 11.4. The van der Waals surface area contributed by atoms with E-state index in [4.69, 9.17) is 21.1 Å². The largest absolute Gasteiger partial charge is 0.493 e. The van der Waals surface area contributed by atoms with Gasteiger partial charge in [-0.15, -0.1) is 0 Å². The first kappa shape index (κ1) is 28.6. The second-order valence-corrected chi connectivity index (χ2v) is 11.8. The smallest absolute Gasteiger partial charge is 0.264 e. The highest BCUT2D eigenvalue weighted by molar-refractivity contribution is 7.92. The molecule has 0 aliphatic carbocycles. The first-order valence-corrected chi connectivity index (χ1v) is 14.7. The number of carbonyl (C=O) groups excluding carboxylic acids is 1. The number of nitrogens with zero attached hydrogens (tertiary/aromatic N) is 4. The molecule has 2 aromatic heterocycles. The van der Waals surface area contributed by atoms with Crippen LogP contribution in [0.1, 0.15) is 23.9 Å². The van der Waals surface area contributed by atoms with Crippen molar-refractivity contribution in [3.05, 3.63) is 70.6 Å². The number of pyridine rings is 1. The van der Waals surface area contributed by atoms with Crippen LogP contribution in [0.25, 0.3) is 10.1 Å². The minimum absolute atomic E-state index is 0.0760. The number of likely N-dealkylation sites (N-methyl/N-ethyl adjacent to an activating group) is 1. The zero-order valence-corrected chi connectivity index (χ0v) is 24.7. The van der Waals surface area contributed by atoms with E-state index in [0.717, 1.165) is 31.3 Å². The van der Waals surface area contributed by atoms with Crippen molar-refractivity contribution >= 4 is 54.8 Å². The number of carbonyl (C=O) groups is 1. The summed E-state index contributed by atoms with van der Waals surface area (Å²) in [5.41, 5.74) is 2.60. The van der Waals surface area contributed by atoms with Gasteiger partial charge in [-0.2, -0.15) is 4.37 Å².